The first kappa shape index (κ1) is 20.8. The summed E-state index contributed by atoms with van der Waals surface area (Å²) in [5, 5.41) is 0. The normalized spacial score (nSPS) is 44.0. The van der Waals surface area contributed by atoms with Gasteiger partial charge in [0.1, 0.15) is 6.33 Å². The Bertz CT molecular complexity index is 757. The molecule has 0 radical (unpaired) electrons. The van der Waals surface area contributed by atoms with Gasteiger partial charge in [0.2, 0.25) is 5.91 Å². The van der Waals surface area contributed by atoms with E-state index in [4.69, 9.17) is 0 Å². The summed E-state index contributed by atoms with van der Waals surface area (Å²) in [5.74, 6) is 5.57. The van der Waals surface area contributed by atoms with E-state index in [9.17, 15) is 4.79 Å². The molecular formula is C27H42N2O. The van der Waals surface area contributed by atoms with Gasteiger partial charge in [-0.3, -0.25) is 9.36 Å². The zero-order chi connectivity index (χ0) is 20.9. The van der Waals surface area contributed by atoms with Crippen LogP contribution in [-0.4, -0.2) is 15.5 Å². The van der Waals surface area contributed by atoms with Gasteiger partial charge >= 0.3 is 0 Å². The van der Waals surface area contributed by atoms with Crippen LogP contribution < -0.4 is 0 Å². The van der Waals surface area contributed by atoms with E-state index in [0.717, 1.165) is 36.0 Å². The fraction of sp³-hybridized carbons (Fsp3) is 0.852. The Labute approximate surface area is 183 Å². The highest BCUT2D eigenvalue weighted by Gasteiger charge is 2.60. The first-order chi connectivity index (χ1) is 14.4. The zero-order valence-corrected chi connectivity index (χ0v) is 19.5. The number of hydrogen-bond donors (Lipinski definition) is 0. The molecule has 4 saturated carbocycles. The summed E-state index contributed by atoms with van der Waals surface area (Å²) in [6.45, 7) is 7.77. The lowest BCUT2D eigenvalue weighted by atomic mass is 9.44. The van der Waals surface area contributed by atoms with Crippen molar-refractivity contribution in [1.82, 2.24) is 9.55 Å². The summed E-state index contributed by atoms with van der Waals surface area (Å²) in [4.78, 5) is 16.5. The van der Waals surface area contributed by atoms with Crippen LogP contribution in [-0.2, 0) is 0 Å². The lowest BCUT2D eigenvalue weighted by Gasteiger charge is -2.61. The van der Waals surface area contributed by atoms with E-state index in [1.165, 1.54) is 64.2 Å². The summed E-state index contributed by atoms with van der Waals surface area (Å²) < 4.78 is 1.65. The number of carbonyl (C=O) groups is 1. The van der Waals surface area contributed by atoms with Crippen molar-refractivity contribution >= 4 is 5.91 Å². The minimum Gasteiger partial charge on any atom is -0.276 e. The van der Waals surface area contributed by atoms with Gasteiger partial charge in [-0.25, -0.2) is 4.98 Å². The minimum atomic E-state index is 0.200. The largest absolute Gasteiger partial charge is 0.276 e. The van der Waals surface area contributed by atoms with Crippen molar-refractivity contribution in [1.29, 1.82) is 0 Å². The monoisotopic (exact) mass is 410 g/mol. The number of rotatable bonds is 4. The van der Waals surface area contributed by atoms with Crippen LogP contribution in [0.3, 0.4) is 0 Å². The van der Waals surface area contributed by atoms with Gasteiger partial charge in [-0.15, -0.1) is 0 Å². The van der Waals surface area contributed by atoms with Gasteiger partial charge in [0, 0.05) is 18.8 Å². The van der Waals surface area contributed by atoms with Crippen molar-refractivity contribution in [3.05, 3.63) is 18.7 Å². The molecule has 0 amide bonds. The Hall–Kier alpha value is -1.12. The van der Waals surface area contributed by atoms with Crippen molar-refractivity contribution < 1.29 is 4.79 Å². The van der Waals surface area contributed by atoms with E-state index in [0.29, 0.717) is 23.2 Å². The highest BCUT2D eigenvalue weighted by atomic mass is 16.2. The molecule has 30 heavy (non-hydrogen) atoms. The van der Waals surface area contributed by atoms with Gasteiger partial charge in [-0.1, -0.05) is 33.6 Å². The van der Waals surface area contributed by atoms with Crippen LogP contribution >= 0.6 is 0 Å². The highest BCUT2D eigenvalue weighted by Crippen LogP contribution is 2.68. The summed E-state index contributed by atoms with van der Waals surface area (Å²) in [5.41, 5.74) is 1.15. The predicted molar refractivity (Wildman–Crippen MR) is 121 cm³/mol. The van der Waals surface area contributed by atoms with Crippen LogP contribution in [0.25, 0.3) is 0 Å². The molecule has 1 aromatic rings. The molecule has 0 saturated heterocycles. The summed E-state index contributed by atoms with van der Waals surface area (Å²) >= 11 is 0. The standard InChI is InChI=1S/C27H42N2O/c1-19(7-12-25(30)29-17-16-28-18-29)22-10-11-23-21-9-8-20-6-4-5-14-26(20,2)24(21)13-15-27(22,23)3/h16-24H,4-15H2,1-3H3. The van der Waals surface area contributed by atoms with E-state index in [2.05, 4.69) is 25.8 Å². The molecule has 166 valence electrons. The number of aromatic nitrogens is 2. The molecule has 4 aliphatic carbocycles. The number of imidazole rings is 1. The number of fused-ring (bicyclic) bond motifs is 5. The molecule has 5 rings (SSSR count). The van der Waals surface area contributed by atoms with Gasteiger partial charge in [-0.2, -0.15) is 0 Å². The Kier molecular flexibility index (Phi) is 5.39. The fourth-order valence-electron chi connectivity index (χ4n) is 9.36. The lowest BCUT2D eigenvalue weighted by molar-refractivity contribution is -0.114. The first-order valence-electron chi connectivity index (χ1n) is 12.9. The van der Waals surface area contributed by atoms with Crippen LogP contribution in [0.5, 0.6) is 0 Å². The SMILES string of the molecule is CC(CCC(=O)n1ccnc1)C1CCC2C3CCC4CCCCC4(C)C3CCC12C. The number of carbonyl (C=O) groups excluding carboxylic acids is 1. The highest BCUT2D eigenvalue weighted by molar-refractivity contribution is 5.78. The first-order valence-corrected chi connectivity index (χ1v) is 12.9. The van der Waals surface area contributed by atoms with Gasteiger partial charge in [-0.05, 0) is 104 Å². The third-order valence-corrected chi connectivity index (χ3v) is 10.9. The average Bonchev–Trinajstić information content (AvgIpc) is 3.39. The molecule has 4 fully saturated rings. The van der Waals surface area contributed by atoms with E-state index in [1.807, 2.05) is 0 Å². The molecule has 0 bridgehead atoms. The smallest absolute Gasteiger partial charge is 0.231 e. The molecule has 1 heterocycles. The Morgan fingerprint density at radius 3 is 2.67 bits per heavy atom. The lowest BCUT2D eigenvalue weighted by Crippen LogP contribution is -2.53. The molecule has 0 aromatic carbocycles. The molecule has 1 aromatic heterocycles. The molecular weight excluding hydrogens is 368 g/mol. The molecule has 0 aliphatic heterocycles. The molecule has 3 heteroatoms. The molecule has 4 aliphatic rings. The van der Waals surface area contributed by atoms with Crippen molar-refractivity contribution in [2.24, 2.45) is 46.3 Å². The predicted octanol–water partition coefficient (Wildman–Crippen LogP) is 6.99. The maximum atomic E-state index is 12.5. The van der Waals surface area contributed by atoms with Gasteiger partial charge in [0.05, 0.1) is 0 Å². The summed E-state index contributed by atoms with van der Waals surface area (Å²) in [6, 6.07) is 0. The average molecular weight is 411 g/mol. The minimum absolute atomic E-state index is 0.200. The van der Waals surface area contributed by atoms with Crippen LogP contribution in [0.2, 0.25) is 0 Å². The van der Waals surface area contributed by atoms with Crippen LogP contribution in [0.1, 0.15) is 103 Å². The van der Waals surface area contributed by atoms with E-state index in [1.54, 1.807) is 23.3 Å². The molecule has 0 spiro atoms. The molecule has 8 unspecified atom stereocenters. The molecule has 0 N–H and O–H groups in total. The number of hydrogen-bond acceptors (Lipinski definition) is 2. The van der Waals surface area contributed by atoms with Gasteiger partial charge < -0.3 is 0 Å². The second kappa shape index (κ2) is 7.78. The van der Waals surface area contributed by atoms with Crippen LogP contribution in [0, 0.1) is 46.3 Å². The second-order valence-corrected chi connectivity index (χ2v) is 12.0. The summed E-state index contributed by atoms with van der Waals surface area (Å²) in [7, 11) is 0. The van der Waals surface area contributed by atoms with Crippen LogP contribution in [0.4, 0.5) is 0 Å². The maximum absolute atomic E-state index is 12.5. The van der Waals surface area contributed by atoms with E-state index < -0.39 is 0 Å². The Morgan fingerprint density at radius 2 is 1.87 bits per heavy atom. The van der Waals surface area contributed by atoms with E-state index >= 15 is 0 Å². The van der Waals surface area contributed by atoms with Gasteiger partial charge in [0.25, 0.3) is 0 Å². The topological polar surface area (TPSA) is 34.9 Å². The van der Waals surface area contributed by atoms with Crippen LogP contribution in [0.15, 0.2) is 18.7 Å². The van der Waals surface area contributed by atoms with Crippen molar-refractivity contribution in [3.63, 3.8) is 0 Å². The van der Waals surface area contributed by atoms with Crippen molar-refractivity contribution in [2.75, 3.05) is 0 Å². The van der Waals surface area contributed by atoms with Gasteiger partial charge in [0.15, 0.2) is 0 Å². The molecule has 8 atom stereocenters. The van der Waals surface area contributed by atoms with Crippen molar-refractivity contribution in [3.8, 4) is 0 Å². The summed E-state index contributed by atoms with van der Waals surface area (Å²) in [6.07, 6.45) is 21.5. The zero-order valence-electron chi connectivity index (χ0n) is 19.5. The Morgan fingerprint density at radius 1 is 1.03 bits per heavy atom. The quantitative estimate of drug-likeness (QED) is 0.536. The fourth-order valence-corrected chi connectivity index (χ4v) is 9.36. The third-order valence-electron chi connectivity index (χ3n) is 10.9. The third kappa shape index (κ3) is 3.21. The Balaban J connectivity index is 1.27. The second-order valence-electron chi connectivity index (χ2n) is 12.0. The number of nitrogens with zero attached hydrogens (tertiary/aromatic N) is 2. The van der Waals surface area contributed by atoms with E-state index in [-0.39, 0.29) is 5.91 Å². The maximum Gasteiger partial charge on any atom is 0.231 e. The molecule has 3 nitrogen and oxygen atoms in total. The van der Waals surface area contributed by atoms with Crippen molar-refractivity contribution in [2.45, 2.75) is 97.8 Å².